The molecule has 3 N–H and O–H groups in total. The van der Waals surface area contributed by atoms with Crippen LogP contribution in [0.1, 0.15) is 57.0 Å². The highest BCUT2D eigenvalue weighted by Crippen LogP contribution is 2.27. The van der Waals surface area contributed by atoms with Crippen molar-refractivity contribution in [3.8, 4) is 0 Å². The molecule has 152 valence electrons. The number of benzene rings is 1. The second-order valence-corrected chi connectivity index (χ2v) is 9.29. The zero-order valence-electron chi connectivity index (χ0n) is 16.9. The molecule has 2 aromatic rings. The van der Waals surface area contributed by atoms with Crippen LogP contribution >= 0.6 is 0 Å². The zero-order chi connectivity index (χ0) is 20.5. The molecular formula is C20H29N5O2S. The second kappa shape index (κ2) is 8.05. The fourth-order valence-corrected chi connectivity index (χ4v) is 3.77. The van der Waals surface area contributed by atoms with Gasteiger partial charge in [0.15, 0.2) is 0 Å². The summed E-state index contributed by atoms with van der Waals surface area (Å²) in [6, 6.07) is 7.43. The van der Waals surface area contributed by atoms with Gasteiger partial charge >= 0.3 is 0 Å². The van der Waals surface area contributed by atoms with Crippen LogP contribution < -0.4 is 15.4 Å². The molecule has 8 heteroatoms. The van der Waals surface area contributed by atoms with Crippen molar-refractivity contribution in [3.05, 3.63) is 41.2 Å². The summed E-state index contributed by atoms with van der Waals surface area (Å²) in [5, 5.41) is 8.74. The van der Waals surface area contributed by atoms with Crippen LogP contribution in [-0.4, -0.2) is 31.0 Å². The summed E-state index contributed by atoms with van der Waals surface area (Å²) in [4.78, 5) is 11.7. The van der Waals surface area contributed by atoms with Gasteiger partial charge in [-0.3, -0.25) is 0 Å². The van der Waals surface area contributed by atoms with Gasteiger partial charge in [0, 0.05) is 31.1 Å². The van der Waals surface area contributed by atoms with Crippen LogP contribution in [0.3, 0.4) is 0 Å². The van der Waals surface area contributed by atoms with Crippen molar-refractivity contribution in [1.29, 1.82) is 0 Å². The van der Waals surface area contributed by atoms with Gasteiger partial charge in [0.25, 0.3) is 0 Å². The van der Waals surface area contributed by atoms with E-state index in [0.29, 0.717) is 12.6 Å². The Balaban J connectivity index is 1.94. The van der Waals surface area contributed by atoms with Crippen molar-refractivity contribution >= 4 is 21.7 Å². The largest absolute Gasteiger partial charge is 0.367 e. The number of rotatable bonds is 6. The Bertz CT molecular complexity index is 959. The van der Waals surface area contributed by atoms with Crippen molar-refractivity contribution < 1.29 is 8.42 Å². The van der Waals surface area contributed by atoms with Gasteiger partial charge < -0.3 is 10.2 Å². The van der Waals surface area contributed by atoms with Gasteiger partial charge in [-0.05, 0) is 43.0 Å². The number of primary sulfonamides is 1. The van der Waals surface area contributed by atoms with Crippen LogP contribution in [0.5, 0.6) is 0 Å². The lowest BCUT2D eigenvalue weighted by Crippen LogP contribution is -2.32. The molecule has 1 aromatic heterocycles. The molecule has 7 nitrogen and oxygen atoms in total. The molecule has 0 unspecified atom stereocenters. The Morgan fingerprint density at radius 2 is 1.93 bits per heavy atom. The quantitative estimate of drug-likeness (QED) is 0.769. The summed E-state index contributed by atoms with van der Waals surface area (Å²) in [5.74, 6) is 2.69. The van der Waals surface area contributed by atoms with Crippen molar-refractivity contribution in [2.75, 3.05) is 16.8 Å². The fraction of sp³-hybridized carbons (Fsp3) is 0.500. The number of nitrogens with zero attached hydrogens (tertiary/aromatic N) is 3. The van der Waals surface area contributed by atoms with Gasteiger partial charge in [-0.15, -0.1) is 0 Å². The van der Waals surface area contributed by atoms with E-state index in [4.69, 9.17) is 10.1 Å². The van der Waals surface area contributed by atoms with Crippen LogP contribution in [-0.2, 0) is 23.0 Å². The van der Waals surface area contributed by atoms with E-state index in [1.54, 1.807) is 12.1 Å². The summed E-state index contributed by atoms with van der Waals surface area (Å²) < 4.78 is 23.4. The molecule has 1 aliphatic heterocycles. The van der Waals surface area contributed by atoms with Crippen LogP contribution in [0, 0.1) is 0 Å². The molecule has 0 radical (unpaired) electrons. The normalized spacial score (nSPS) is 15.4. The molecule has 0 saturated carbocycles. The van der Waals surface area contributed by atoms with Crippen LogP contribution in [0.4, 0.5) is 11.6 Å². The third-order valence-corrected chi connectivity index (χ3v) is 6.01. The smallest absolute Gasteiger partial charge is 0.238 e. The highest BCUT2D eigenvalue weighted by molar-refractivity contribution is 7.89. The number of hydrogen-bond acceptors (Lipinski definition) is 6. The lowest BCUT2D eigenvalue weighted by Gasteiger charge is -2.31. The summed E-state index contributed by atoms with van der Waals surface area (Å²) in [5.41, 5.74) is 2.12. The van der Waals surface area contributed by atoms with Crippen molar-refractivity contribution in [2.45, 2.75) is 63.9 Å². The van der Waals surface area contributed by atoms with Gasteiger partial charge in [-0.1, -0.05) is 26.8 Å². The summed E-state index contributed by atoms with van der Waals surface area (Å²) in [6.45, 7) is 9.83. The number of hydrogen-bond donors (Lipinski definition) is 2. The molecule has 0 spiro atoms. The highest BCUT2D eigenvalue weighted by Gasteiger charge is 2.21. The number of sulfonamides is 1. The van der Waals surface area contributed by atoms with Gasteiger partial charge in [-0.25, -0.2) is 23.5 Å². The summed E-state index contributed by atoms with van der Waals surface area (Å²) >= 11 is 0. The SMILES string of the molecule is CC[C@H](C)Nc1cc(N2CCc3ccc(S(N)(=O)=O)cc3C2)nc(C(C)C)n1. The first-order valence-corrected chi connectivity index (χ1v) is 11.3. The fourth-order valence-electron chi connectivity index (χ4n) is 3.21. The van der Waals surface area contributed by atoms with E-state index in [2.05, 4.69) is 42.9 Å². The Kier molecular flexibility index (Phi) is 5.90. The van der Waals surface area contributed by atoms with E-state index < -0.39 is 10.0 Å². The maximum atomic E-state index is 11.7. The minimum absolute atomic E-state index is 0.151. The lowest BCUT2D eigenvalue weighted by molar-refractivity contribution is 0.597. The topological polar surface area (TPSA) is 101 Å². The number of nitrogens with one attached hydrogen (secondary N) is 1. The maximum Gasteiger partial charge on any atom is 0.238 e. The van der Waals surface area contributed by atoms with E-state index in [-0.39, 0.29) is 10.8 Å². The predicted molar refractivity (Wildman–Crippen MR) is 112 cm³/mol. The van der Waals surface area contributed by atoms with Crippen LogP contribution in [0.15, 0.2) is 29.2 Å². The van der Waals surface area contributed by atoms with E-state index in [0.717, 1.165) is 48.0 Å². The van der Waals surface area contributed by atoms with Gasteiger partial charge in [0.2, 0.25) is 10.0 Å². The standard InChI is InChI=1S/C20H29N5O2S/c1-5-14(4)22-18-11-19(24-20(23-18)13(2)3)25-9-8-15-6-7-17(28(21,26)27)10-16(15)12-25/h6-7,10-11,13-14H,5,8-9,12H2,1-4H3,(H2,21,26,27)(H,22,23,24)/t14-/m0/s1. The van der Waals surface area contributed by atoms with Crippen molar-refractivity contribution in [3.63, 3.8) is 0 Å². The first-order chi connectivity index (χ1) is 13.2. The number of anilines is 2. The molecule has 3 rings (SSSR count). The minimum atomic E-state index is -3.71. The first-order valence-electron chi connectivity index (χ1n) is 9.72. The number of aromatic nitrogens is 2. The third kappa shape index (κ3) is 4.62. The average molecular weight is 404 g/mol. The molecule has 1 atom stereocenters. The molecule has 0 bridgehead atoms. The predicted octanol–water partition coefficient (Wildman–Crippen LogP) is 3.02. The number of nitrogens with two attached hydrogens (primary N) is 1. The van der Waals surface area contributed by atoms with Crippen LogP contribution in [0.25, 0.3) is 0 Å². The molecule has 0 aliphatic carbocycles. The Morgan fingerprint density at radius 3 is 2.57 bits per heavy atom. The van der Waals surface area contributed by atoms with Crippen molar-refractivity contribution in [2.24, 2.45) is 5.14 Å². The van der Waals surface area contributed by atoms with Crippen molar-refractivity contribution in [1.82, 2.24) is 9.97 Å². The number of fused-ring (bicyclic) bond motifs is 1. The zero-order valence-corrected chi connectivity index (χ0v) is 17.8. The Labute approximate surface area is 167 Å². The monoisotopic (exact) mass is 403 g/mol. The summed E-state index contributed by atoms with van der Waals surface area (Å²) in [6.07, 6.45) is 1.83. The molecule has 28 heavy (non-hydrogen) atoms. The highest BCUT2D eigenvalue weighted by atomic mass is 32.2. The first kappa shape index (κ1) is 20.5. The molecule has 2 heterocycles. The molecule has 1 aliphatic rings. The minimum Gasteiger partial charge on any atom is -0.367 e. The van der Waals surface area contributed by atoms with E-state index >= 15 is 0 Å². The maximum absolute atomic E-state index is 11.7. The second-order valence-electron chi connectivity index (χ2n) is 7.72. The van der Waals surface area contributed by atoms with Crippen LogP contribution in [0.2, 0.25) is 0 Å². The molecular weight excluding hydrogens is 374 g/mol. The average Bonchev–Trinajstić information content (AvgIpc) is 2.66. The summed E-state index contributed by atoms with van der Waals surface area (Å²) in [7, 11) is -3.71. The molecule has 0 amide bonds. The van der Waals surface area contributed by atoms with E-state index in [9.17, 15) is 8.42 Å². The Hall–Kier alpha value is -2.19. The Morgan fingerprint density at radius 1 is 1.18 bits per heavy atom. The van der Waals surface area contributed by atoms with Gasteiger partial charge in [0.1, 0.15) is 17.5 Å². The molecule has 1 aromatic carbocycles. The van der Waals surface area contributed by atoms with E-state index in [1.807, 2.05) is 12.1 Å². The molecule has 0 saturated heterocycles. The van der Waals surface area contributed by atoms with Gasteiger partial charge in [0.05, 0.1) is 4.90 Å². The molecule has 0 fully saturated rings. The lowest BCUT2D eigenvalue weighted by atomic mass is 10.00. The third-order valence-electron chi connectivity index (χ3n) is 5.10. The van der Waals surface area contributed by atoms with E-state index in [1.165, 1.54) is 0 Å². The van der Waals surface area contributed by atoms with Gasteiger partial charge in [-0.2, -0.15) is 0 Å².